The van der Waals surface area contributed by atoms with Crippen LogP contribution in [0.25, 0.3) is 0 Å². The Morgan fingerprint density at radius 1 is 1.45 bits per heavy atom. The van der Waals surface area contributed by atoms with Gasteiger partial charge in [0.2, 0.25) is 0 Å². The highest BCUT2D eigenvalue weighted by atomic mass is 79.9. The second kappa shape index (κ2) is 6.18. The SMILES string of the molecule is CCCNC(Cc1c(Br)c(CC)nn1C)C1CC1(C)C. The first-order chi connectivity index (χ1) is 9.40. The number of nitrogens with zero attached hydrogens (tertiary/aromatic N) is 2. The molecule has 1 heterocycles. The van der Waals surface area contributed by atoms with Crippen molar-refractivity contribution >= 4 is 15.9 Å². The van der Waals surface area contributed by atoms with Gasteiger partial charge in [-0.15, -0.1) is 0 Å². The summed E-state index contributed by atoms with van der Waals surface area (Å²) < 4.78 is 3.27. The zero-order chi connectivity index (χ0) is 14.9. The van der Waals surface area contributed by atoms with Gasteiger partial charge in [-0.3, -0.25) is 4.68 Å². The summed E-state index contributed by atoms with van der Waals surface area (Å²) in [5.74, 6) is 0.793. The number of rotatable bonds is 7. The summed E-state index contributed by atoms with van der Waals surface area (Å²) in [7, 11) is 2.06. The molecule has 20 heavy (non-hydrogen) atoms. The van der Waals surface area contributed by atoms with Gasteiger partial charge in [0.05, 0.1) is 15.9 Å². The van der Waals surface area contributed by atoms with Crippen LogP contribution in [0.3, 0.4) is 0 Å². The van der Waals surface area contributed by atoms with Crippen LogP contribution in [0, 0.1) is 11.3 Å². The van der Waals surface area contributed by atoms with E-state index in [9.17, 15) is 0 Å². The normalized spacial score (nSPS) is 22.0. The van der Waals surface area contributed by atoms with Crippen molar-refractivity contribution in [2.75, 3.05) is 6.54 Å². The smallest absolute Gasteiger partial charge is 0.0766 e. The van der Waals surface area contributed by atoms with E-state index in [2.05, 4.69) is 65.8 Å². The molecule has 2 unspecified atom stereocenters. The summed E-state index contributed by atoms with van der Waals surface area (Å²) in [5.41, 5.74) is 3.01. The quantitative estimate of drug-likeness (QED) is 0.819. The van der Waals surface area contributed by atoms with E-state index < -0.39 is 0 Å². The zero-order valence-corrected chi connectivity index (χ0v) is 15.0. The van der Waals surface area contributed by atoms with Gasteiger partial charge in [-0.1, -0.05) is 27.7 Å². The van der Waals surface area contributed by atoms with Crippen molar-refractivity contribution in [3.05, 3.63) is 15.9 Å². The van der Waals surface area contributed by atoms with Gasteiger partial charge in [0.15, 0.2) is 0 Å². The molecule has 4 heteroatoms. The van der Waals surface area contributed by atoms with Crippen molar-refractivity contribution in [2.45, 2.75) is 59.4 Å². The van der Waals surface area contributed by atoms with E-state index in [0.717, 1.165) is 25.3 Å². The summed E-state index contributed by atoms with van der Waals surface area (Å²) in [6.07, 6.45) is 4.58. The molecular weight excluding hydrogens is 314 g/mol. The lowest BCUT2D eigenvalue weighted by Crippen LogP contribution is -2.35. The van der Waals surface area contributed by atoms with Crippen molar-refractivity contribution < 1.29 is 0 Å². The highest BCUT2D eigenvalue weighted by Crippen LogP contribution is 2.54. The Kier molecular flexibility index (Phi) is 4.96. The summed E-state index contributed by atoms with van der Waals surface area (Å²) in [4.78, 5) is 0. The molecule has 2 atom stereocenters. The minimum Gasteiger partial charge on any atom is -0.313 e. The molecule has 1 saturated carbocycles. The van der Waals surface area contributed by atoms with Gasteiger partial charge in [-0.05, 0) is 53.1 Å². The minimum atomic E-state index is 0.504. The molecule has 114 valence electrons. The lowest BCUT2D eigenvalue weighted by Gasteiger charge is -2.20. The predicted molar refractivity (Wildman–Crippen MR) is 88.0 cm³/mol. The van der Waals surface area contributed by atoms with Crippen molar-refractivity contribution in [3.8, 4) is 0 Å². The van der Waals surface area contributed by atoms with Gasteiger partial charge >= 0.3 is 0 Å². The highest BCUT2D eigenvalue weighted by molar-refractivity contribution is 9.10. The van der Waals surface area contributed by atoms with Gasteiger partial charge in [0.1, 0.15) is 0 Å². The van der Waals surface area contributed by atoms with Crippen LogP contribution >= 0.6 is 15.9 Å². The fourth-order valence-corrected chi connectivity index (χ4v) is 3.91. The highest BCUT2D eigenvalue weighted by Gasteiger charge is 2.50. The van der Waals surface area contributed by atoms with Crippen LogP contribution in [0.1, 0.15) is 51.9 Å². The van der Waals surface area contributed by atoms with Crippen LogP contribution < -0.4 is 5.32 Å². The first-order valence-electron chi connectivity index (χ1n) is 7.84. The maximum Gasteiger partial charge on any atom is 0.0766 e. The number of halogens is 1. The summed E-state index contributed by atoms with van der Waals surface area (Å²) in [5, 5.41) is 8.38. The number of hydrogen-bond acceptors (Lipinski definition) is 2. The average molecular weight is 342 g/mol. The van der Waals surface area contributed by atoms with Crippen LogP contribution in [-0.4, -0.2) is 22.4 Å². The van der Waals surface area contributed by atoms with Gasteiger partial charge < -0.3 is 5.32 Å². The van der Waals surface area contributed by atoms with E-state index >= 15 is 0 Å². The molecule has 0 aliphatic heterocycles. The molecule has 2 rings (SSSR count). The molecule has 1 fully saturated rings. The van der Waals surface area contributed by atoms with Crippen LogP contribution in [0.2, 0.25) is 0 Å². The molecule has 3 nitrogen and oxygen atoms in total. The lowest BCUT2D eigenvalue weighted by molar-refractivity contribution is 0.395. The van der Waals surface area contributed by atoms with Gasteiger partial charge in [-0.2, -0.15) is 5.10 Å². The minimum absolute atomic E-state index is 0.504. The van der Waals surface area contributed by atoms with Gasteiger partial charge in [0.25, 0.3) is 0 Å². The Balaban J connectivity index is 2.13. The zero-order valence-electron chi connectivity index (χ0n) is 13.5. The molecule has 0 bridgehead atoms. The first-order valence-corrected chi connectivity index (χ1v) is 8.63. The number of aromatic nitrogens is 2. The summed E-state index contributed by atoms with van der Waals surface area (Å²) in [6.45, 7) is 10.3. The Hall–Kier alpha value is -0.350. The second-order valence-corrected chi connectivity index (χ2v) is 7.54. The average Bonchev–Trinajstić information content (AvgIpc) is 2.94. The molecule has 1 aromatic rings. The van der Waals surface area contributed by atoms with Crippen molar-refractivity contribution in [2.24, 2.45) is 18.4 Å². The van der Waals surface area contributed by atoms with Crippen molar-refractivity contribution in [3.63, 3.8) is 0 Å². The molecule has 0 aromatic carbocycles. The fourth-order valence-electron chi connectivity index (χ4n) is 3.13. The van der Waals surface area contributed by atoms with Crippen LogP contribution in [0.5, 0.6) is 0 Å². The third kappa shape index (κ3) is 3.28. The molecular formula is C16H28BrN3. The fraction of sp³-hybridized carbons (Fsp3) is 0.812. The topological polar surface area (TPSA) is 29.9 Å². The Morgan fingerprint density at radius 3 is 2.55 bits per heavy atom. The Morgan fingerprint density at radius 2 is 2.10 bits per heavy atom. The van der Waals surface area contributed by atoms with Gasteiger partial charge in [0, 0.05) is 19.5 Å². The summed E-state index contributed by atoms with van der Waals surface area (Å²) in [6, 6.07) is 0.571. The Bertz CT molecular complexity index is 465. The molecule has 0 saturated heterocycles. The molecule has 1 aromatic heterocycles. The number of hydrogen-bond donors (Lipinski definition) is 1. The maximum atomic E-state index is 4.62. The monoisotopic (exact) mass is 341 g/mol. The van der Waals surface area contributed by atoms with Gasteiger partial charge in [-0.25, -0.2) is 0 Å². The summed E-state index contributed by atoms with van der Waals surface area (Å²) >= 11 is 3.75. The first kappa shape index (κ1) is 16.0. The largest absolute Gasteiger partial charge is 0.313 e. The Labute approximate surface area is 131 Å². The van der Waals surface area contributed by atoms with E-state index in [1.807, 2.05) is 0 Å². The lowest BCUT2D eigenvalue weighted by atomic mass is 9.99. The third-order valence-electron chi connectivity index (χ3n) is 4.65. The third-order valence-corrected chi connectivity index (χ3v) is 5.56. The van der Waals surface area contributed by atoms with Crippen LogP contribution in [0.15, 0.2) is 4.47 Å². The van der Waals surface area contributed by atoms with E-state index in [-0.39, 0.29) is 0 Å². The second-order valence-electron chi connectivity index (χ2n) is 6.75. The predicted octanol–water partition coefficient (Wildman–Crippen LogP) is 3.70. The van der Waals surface area contributed by atoms with E-state index in [4.69, 9.17) is 0 Å². The molecule has 1 aliphatic carbocycles. The van der Waals surface area contributed by atoms with Crippen molar-refractivity contribution in [1.82, 2.24) is 15.1 Å². The molecule has 0 amide bonds. The maximum absolute atomic E-state index is 4.62. The molecule has 1 aliphatic rings. The van der Waals surface area contributed by atoms with E-state index in [1.54, 1.807) is 0 Å². The molecule has 0 spiro atoms. The van der Waals surface area contributed by atoms with Crippen LogP contribution in [-0.2, 0) is 19.9 Å². The van der Waals surface area contributed by atoms with E-state index in [1.165, 1.54) is 28.7 Å². The van der Waals surface area contributed by atoms with E-state index in [0.29, 0.717) is 11.5 Å². The van der Waals surface area contributed by atoms with Crippen LogP contribution in [0.4, 0.5) is 0 Å². The number of aryl methyl sites for hydroxylation is 2. The van der Waals surface area contributed by atoms with Crippen molar-refractivity contribution in [1.29, 1.82) is 0 Å². The number of nitrogens with one attached hydrogen (secondary N) is 1. The standard InChI is InChI=1S/C16H28BrN3/c1-6-8-18-13(11-10-16(11,3)4)9-14-15(17)12(7-2)19-20(14)5/h11,13,18H,6-10H2,1-5H3. The molecule has 1 N–H and O–H groups in total. The molecule has 0 radical (unpaired) electrons.